The second-order valence-electron chi connectivity index (χ2n) is 7.14. The number of rotatable bonds is 4. The van der Waals surface area contributed by atoms with Crippen molar-refractivity contribution in [3.05, 3.63) is 54.6 Å². The zero-order valence-corrected chi connectivity index (χ0v) is 14.8. The second kappa shape index (κ2) is 6.48. The molecule has 1 N–H and O–H groups in total. The standard InChI is InChI=1S/C21H22N2O3/c1-15(24)23-12-11-21(13-16(21)14-23)20(25)22-18-9-5-6-10-19(18)26-17-7-3-2-4-8-17/h2-10,16H,11-14H2,1H3,(H,22,25)/t16-,21+/m0/s1. The van der Waals surface area contributed by atoms with Gasteiger partial charge in [0, 0.05) is 20.0 Å². The van der Waals surface area contributed by atoms with Crippen LogP contribution in [-0.2, 0) is 9.59 Å². The van der Waals surface area contributed by atoms with E-state index in [1.807, 2.05) is 59.5 Å². The zero-order valence-electron chi connectivity index (χ0n) is 14.8. The van der Waals surface area contributed by atoms with Gasteiger partial charge in [-0.15, -0.1) is 0 Å². The molecule has 0 unspecified atom stereocenters. The number of hydrogen-bond acceptors (Lipinski definition) is 3. The Morgan fingerprint density at radius 3 is 2.58 bits per heavy atom. The first kappa shape index (κ1) is 16.6. The molecule has 2 aliphatic rings. The highest BCUT2D eigenvalue weighted by Gasteiger charge is 2.62. The maximum Gasteiger partial charge on any atom is 0.231 e. The van der Waals surface area contributed by atoms with Crippen molar-refractivity contribution in [3.8, 4) is 11.5 Å². The van der Waals surface area contributed by atoms with Crippen LogP contribution in [0.15, 0.2) is 54.6 Å². The predicted molar refractivity (Wildman–Crippen MR) is 99.0 cm³/mol. The molecular formula is C21H22N2O3. The quantitative estimate of drug-likeness (QED) is 0.915. The second-order valence-corrected chi connectivity index (χ2v) is 7.14. The Morgan fingerprint density at radius 2 is 1.85 bits per heavy atom. The number of carbonyl (C=O) groups is 2. The molecule has 0 aromatic heterocycles. The number of benzene rings is 2. The number of fused-ring (bicyclic) bond motifs is 1. The summed E-state index contributed by atoms with van der Waals surface area (Å²) in [5.74, 6) is 1.75. The van der Waals surface area contributed by atoms with E-state index in [-0.39, 0.29) is 23.1 Å². The molecule has 1 saturated heterocycles. The van der Waals surface area contributed by atoms with Crippen molar-refractivity contribution in [1.82, 2.24) is 4.90 Å². The lowest BCUT2D eigenvalue weighted by molar-refractivity contribution is -0.132. The van der Waals surface area contributed by atoms with Crippen molar-refractivity contribution in [2.45, 2.75) is 19.8 Å². The smallest absolute Gasteiger partial charge is 0.231 e. The molecule has 5 nitrogen and oxygen atoms in total. The number of para-hydroxylation sites is 3. The van der Waals surface area contributed by atoms with Gasteiger partial charge in [0.05, 0.1) is 11.1 Å². The average molecular weight is 350 g/mol. The number of amides is 2. The monoisotopic (exact) mass is 350 g/mol. The molecule has 0 bridgehead atoms. The van der Waals surface area contributed by atoms with Gasteiger partial charge in [-0.2, -0.15) is 0 Å². The molecule has 2 fully saturated rings. The van der Waals surface area contributed by atoms with Crippen LogP contribution in [-0.4, -0.2) is 29.8 Å². The van der Waals surface area contributed by atoms with Crippen LogP contribution in [0.1, 0.15) is 19.8 Å². The maximum absolute atomic E-state index is 12.9. The van der Waals surface area contributed by atoms with E-state index in [2.05, 4.69) is 5.32 Å². The van der Waals surface area contributed by atoms with Crippen molar-refractivity contribution in [3.63, 3.8) is 0 Å². The minimum atomic E-state index is -0.328. The number of nitrogens with zero attached hydrogens (tertiary/aromatic N) is 1. The first-order chi connectivity index (χ1) is 12.6. The Labute approximate surface area is 153 Å². The van der Waals surface area contributed by atoms with E-state index < -0.39 is 0 Å². The summed E-state index contributed by atoms with van der Waals surface area (Å²) in [6.07, 6.45) is 1.58. The molecular weight excluding hydrogens is 328 g/mol. The van der Waals surface area contributed by atoms with Gasteiger partial charge in [-0.1, -0.05) is 30.3 Å². The van der Waals surface area contributed by atoms with Gasteiger partial charge in [0.25, 0.3) is 0 Å². The number of likely N-dealkylation sites (tertiary alicyclic amines) is 1. The number of nitrogens with one attached hydrogen (secondary N) is 1. The Hall–Kier alpha value is -2.82. The van der Waals surface area contributed by atoms with Crippen LogP contribution >= 0.6 is 0 Å². The van der Waals surface area contributed by atoms with E-state index in [9.17, 15) is 9.59 Å². The fraction of sp³-hybridized carbons (Fsp3) is 0.333. The van der Waals surface area contributed by atoms with E-state index >= 15 is 0 Å². The first-order valence-electron chi connectivity index (χ1n) is 8.97. The third kappa shape index (κ3) is 3.05. The van der Waals surface area contributed by atoms with Crippen LogP contribution in [0, 0.1) is 11.3 Å². The highest BCUT2D eigenvalue weighted by molar-refractivity contribution is 5.99. The summed E-state index contributed by atoms with van der Waals surface area (Å²) in [5, 5.41) is 3.06. The summed E-state index contributed by atoms with van der Waals surface area (Å²) in [6.45, 7) is 2.93. The van der Waals surface area contributed by atoms with Crippen molar-refractivity contribution in [2.75, 3.05) is 18.4 Å². The van der Waals surface area contributed by atoms with Gasteiger partial charge in [-0.05, 0) is 43.0 Å². The van der Waals surface area contributed by atoms with Crippen LogP contribution in [0.5, 0.6) is 11.5 Å². The lowest BCUT2D eigenvalue weighted by atomic mass is 9.94. The van der Waals surface area contributed by atoms with Gasteiger partial charge in [0.2, 0.25) is 11.8 Å². The minimum absolute atomic E-state index is 0.0369. The summed E-state index contributed by atoms with van der Waals surface area (Å²) in [4.78, 5) is 26.3. The average Bonchev–Trinajstić information content (AvgIpc) is 3.39. The Balaban J connectivity index is 1.47. The Kier molecular flexibility index (Phi) is 4.15. The highest BCUT2D eigenvalue weighted by Crippen LogP contribution is 2.58. The predicted octanol–water partition coefficient (Wildman–Crippen LogP) is 3.68. The molecule has 0 radical (unpaired) electrons. The molecule has 1 saturated carbocycles. The highest BCUT2D eigenvalue weighted by atomic mass is 16.5. The first-order valence-corrected chi connectivity index (χ1v) is 8.97. The summed E-state index contributed by atoms with van der Waals surface area (Å²) >= 11 is 0. The van der Waals surface area contributed by atoms with Crippen molar-refractivity contribution < 1.29 is 14.3 Å². The van der Waals surface area contributed by atoms with Crippen molar-refractivity contribution >= 4 is 17.5 Å². The number of ether oxygens (including phenoxy) is 1. The molecule has 1 heterocycles. The van der Waals surface area contributed by atoms with E-state index in [4.69, 9.17) is 4.74 Å². The van der Waals surface area contributed by atoms with Crippen LogP contribution in [0.3, 0.4) is 0 Å². The molecule has 26 heavy (non-hydrogen) atoms. The SMILES string of the molecule is CC(=O)N1CC[C@@]2(C(=O)Nc3ccccc3Oc3ccccc3)C[C@H]2C1. The summed E-state index contributed by atoms with van der Waals surface area (Å²) in [6, 6.07) is 17.0. The molecule has 1 aliphatic carbocycles. The molecule has 5 heteroatoms. The van der Waals surface area contributed by atoms with E-state index in [1.54, 1.807) is 6.92 Å². The van der Waals surface area contributed by atoms with Gasteiger partial charge < -0.3 is 15.0 Å². The van der Waals surface area contributed by atoms with E-state index in [1.165, 1.54) is 0 Å². The van der Waals surface area contributed by atoms with Crippen molar-refractivity contribution in [2.24, 2.45) is 11.3 Å². The summed E-state index contributed by atoms with van der Waals surface area (Å²) in [5.41, 5.74) is 0.349. The van der Waals surface area contributed by atoms with E-state index in [0.717, 1.165) is 18.6 Å². The van der Waals surface area contributed by atoms with Gasteiger partial charge in [-0.3, -0.25) is 9.59 Å². The summed E-state index contributed by atoms with van der Waals surface area (Å²) in [7, 11) is 0. The molecule has 2 aromatic carbocycles. The maximum atomic E-state index is 12.9. The normalized spacial score (nSPS) is 23.7. The fourth-order valence-electron chi connectivity index (χ4n) is 3.82. The van der Waals surface area contributed by atoms with Gasteiger partial charge in [0.15, 0.2) is 5.75 Å². The number of carbonyl (C=O) groups excluding carboxylic acids is 2. The minimum Gasteiger partial charge on any atom is -0.455 e. The largest absolute Gasteiger partial charge is 0.455 e. The third-order valence-corrected chi connectivity index (χ3v) is 5.50. The lowest BCUT2D eigenvalue weighted by Crippen LogP contribution is -2.41. The van der Waals surface area contributed by atoms with Crippen LogP contribution < -0.4 is 10.1 Å². The number of hydrogen-bond donors (Lipinski definition) is 1. The molecule has 2 aromatic rings. The Bertz CT molecular complexity index is 836. The van der Waals surface area contributed by atoms with E-state index in [0.29, 0.717) is 24.5 Å². The molecule has 2 atom stereocenters. The topological polar surface area (TPSA) is 58.6 Å². The van der Waals surface area contributed by atoms with Crippen LogP contribution in [0.25, 0.3) is 0 Å². The summed E-state index contributed by atoms with van der Waals surface area (Å²) < 4.78 is 5.93. The van der Waals surface area contributed by atoms with Crippen LogP contribution in [0.4, 0.5) is 5.69 Å². The molecule has 134 valence electrons. The van der Waals surface area contributed by atoms with Crippen LogP contribution in [0.2, 0.25) is 0 Å². The molecule has 4 rings (SSSR count). The third-order valence-electron chi connectivity index (χ3n) is 5.50. The van der Waals surface area contributed by atoms with Gasteiger partial charge >= 0.3 is 0 Å². The van der Waals surface area contributed by atoms with Gasteiger partial charge in [-0.25, -0.2) is 0 Å². The van der Waals surface area contributed by atoms with Crippen molar-refractivity contribution in [1.29, 1.82) is 0 Å². The molecule has 2 amide bonds. The fourth-order valence-corrected chi connectivity index (χ4v) is 3.82. The number of piperidine rings is 1. The molecule has 0 spiro atoms. The Morgan fingerprint density at radius 1 is 1.12 bits per heavy atom. The van der Waals surface area contributed by atoms with Gasteiger partial charge in [0.1, 0.15) is 5.75 Å². The molecule has 1 aliphatic heterocycles. The lowest BCUT2D eigenvalue weighted by Gasteiger charge is -2.30. The zero-order chi connectivity index (χ0) is 18.1. The number of anilines is 1.